The summed E-state index contributed by atoms with van der Waals surface area (Å²) in [5.41, 5.74) is 0.559. The van der Waals surface area contributed by atoms with Crippen LogP contribution >= 0.6 is 15.9 Å². The topological polar surface area (TPSA) is 26.7 Å². The number of aliphatic hydroxyl groups is 1. The van der Waals surface area contributed by atoms with E-state index in [4.69, 9.17) is 0 Å². The minimum atomic E-state index is -0.559. The lowest BCUT2D eigenvalue weighted by Gasteiger charge is -2.40. The van der Waals surface area contributed by atoms with Crippen LogP contribution in [0.15, 0.2) is 22.7 Å². The maximum absolute atomic E-state index is 13.7. The van der Waals surface area contributed by atoms with Crippen LogP contribution in [-0.2, 0) is 6.42 Å². The third-order valence-corrected chi connectivity index (χ3v) is 4.27. The number of hydrogen-bond donors (Lipinski definition) is 1. The van der Waals surface area contributed by atoms with E-state index in [0.29, 0.717) is 12.0 Å². The Morgan fingerprint density at radius 1 is 1.42 bits per heavy atom. The molecule has 1 aromatic carbocycles. The molecule has 106 valence electrons. The molecule has 2 atom stereocenters. The highest BCUT2D eigenvalue weighted by Crippen LogP contribution is 2.20. The van der Waals surface area contributed by atoms with E-state index in [0.717, 1.165) is 24.1 Å². The summed E-state index contributed by atoms with van der Waals surface area (Å²) in [5.74, 6) is -0.255. The van der Waals surface area contributed by atoms with Gasteiger partial charge >= 0.3 is 0 Å². The zero-order valence-corrected chi connectivity index (χ0v) is 12.9. The Hall–Kier alpha value is -0.490. The first kappa shape index (κ1) is 14.9. The van der Waals surface area contributed by atoms with Crippen molar-refractivity contribution in [2.75, 3.05) is 33.7 Å². The van der Waals surface area contributed by atoms with Crippen LogP contribution in [0.25, 0.3) is 0 Å². The standard InChI is InChI=1S/C14H20BrFN2O/c1-17-5-6-18(2)13(9-17)14(19)8-10-7-11(15)3-4-12(10)16/h3-4,7,13-14,19H,5-6,8-9H2,1-2H3. The normalized spacial score (nSPS) is 23.5. The predicted molar refractivity (Wildman–Crippen MR) is 77.7 cm³/mol. The van der Waals surface area contributed by atoms with Gasteiger partial charge in [0.05, 0.1) is 6.10 Å². The molecule has 0 radical (unpaired) electrons. The van der Waals surface area contributed by atoms with Gasteiger partial charge in [0.2, 0.25) is 0 Å². The van der Waals surface area contributed by atoms with Crippen molar-refractivity contribution in [3.8, 4) is 0 Å². The fraction of sp³-hybridized carbons (Fsp3) is 0.571. The van der Waals surface area contributed by atoms with Gasteiger partial charge in [0.1, 0.15) is 5.82 Å². The number of nitrogens with zero attached hydrogens (tertiary/aromatic N) is 2. The molecule has 0 aliphatic carbocycles. The quantitative estimate of drug-likeness (QED) is 0.914. The summed E-state index contributed by atoms with van der Waals surface area (Å²) in [6.07, 6.45) is -0.217. The summed E-state index contributed by atoms with van der Waals surface area (Å²) >= 11 is 3.34. The van der Waals surface area contributed by atoms with Crippen LogP contribution in [0.2, 0.25) is 0 Å². The van der Waals surface area contributed by atoms with Gasteiger partial charge in [-0.25, -0.2) is 4.39 Å². The molecule has 5 heteroatoms. The second-order valence-electron chi connectivity index (χ2n) is 5.32. The van der Waals surface area contributed by atoms with Crippen LogP contribution in [0, 0.1) is 5.82 Å². The lowest BCUT2D eigenvalue weighted by atomic mass is 9.99. The maximum Gasteiger partial charge on any atom is 0.126 e. The molecule has 0 spiro atoms. The fourth-order valence-electron chi connectivity index (χ4n) is 2.52. The summed E-state index contributed by atoms with van der Waals surface area (Å²) in [6, 6.07) is 4.90. The molecule has 2 rings (SSSR count). The molecule has 1 fully saturated rings. The minimum absolute atomic E-state index is 0.0529. The van der Waals surface area contributed by atoms with Crippen molar-refractivity contribution in [2.45, 2.75) is 18.6 Å². The number of halogens is 2. The lowest BCUT2D eigenvalue weighted by molar-refractivity contribution is 0.0149. The van der Waals surface area contributed by atoms with Crippen LogP contribution in [0.1, 0.15) is 5.56 Å². The number of aliphatic hydroxyl groups excluding tert-OH is 1. The van der Waals surface area contributed by atoms with Gasteiger partial charge in [-0.15, -0.1) is 0 Å². The molecule has 1 saturated heterocycles. The third-order valence-electron chi connectivity index (χ3n) is 3.78. The second-order valence-corrected chi connectivity index (χ2v) is 6.23. The molecular weight excluding hydrogens is 311 g/mol. The molecule has 1 aliphatic heterocycles. The highest BCUT2D eigenvalue weighted by Gasteiger charge is 2.29. The molecule has 1 aliphatic rings. The monoisotopic (exact) mass is 330 g/mol. The second kappa shape index (κ2) is 6.31. The molecule has 0 aromatic heterocycles. The zero-order chi connectivity index (χ0) is 14.0. The summed E-state index contributed by atoms with van der Waals surface area (Å²) in [6.45, 7) is 2.75. The average Bonchev–Trinajstić information content (AvgIpc) is 2.36. The van der Waals surface area contributed by atoms with Crippen molar-refractivity contribution >= 4 is 15.9 Å². The molecule has 2 unspecified atom stereocenters. The predicted octanol–water partition coefficient (Wildman–Crippen LogP) is 1.74. The van der Waals surface area contributed by atoms with Crippen molar-refractivity contribution in [1.29, 1.82) is 0 Å². The van der Waals surface area contributed by atoms with Crippen molar-refractivity contribution in [1.82, 2.24) is 9.80 Å². The van der Waals surface area contributed by atoms with E-state index in [1.807, 2.05) is 14.1 Å². The number of piperazine rings is 1. The Kier molecular flexibility index (Phi) is 4.95. The van der Waals surface area contributed by atoms with Crippen LogP contribution < -0.4 is 0 Å². The number of likely N-dealkylation sites (N-methyl/N-ethyl adjacent to an activating group) is 2. The van der Waals surface area contributed by atoms with E-state index in [9.17, 15) is 9.50 Å². The van der Waals surface area contributed by atoms with Crippen LogP contribution in [-0.4, -0.2) is 60.8 Å². The first-order valence-corrected chi connectivity index (χ1v) is 7.27. The third kappa shape index (κ3) is 3.75. The van der Waals surface area contributed by atoms with Crippen molar-refractivity contribution in [3.05, 3.63) is 34.1 Å². The van der Waals surface area contributed by atoms with Gasteiger partial charge in [0.25, 0.3) is 0 Å². The summed E-state index contributed by atoms with van der Waals surface area (Å²) in [4.78, 5) is 4.35. The van der Waals surface area contributed by atoms with Crippen LogP contribution in [0.3, 0.4) is 0 Å². The van der Waals surface area contributed by atoms with Crippen molar-refractivity contribution in [3.63, 3.8) is 0 Å². The first-order valence-electron chi connectivity index (χ1n) is 6.48. The Morgan fingerprint density at radius 3 is 2.89 bits per heavy atom. The molecule has 1 aromatic rings. The Labute approximate surface area is 122 Å². The molecule has 0 amide bonds. The van der Waals surface area contributed by atoms with E-state index in [2.05, 4.69) is 25.7 Å². The highest BCUT2D eigenvalue weighted by atomic mass is 79.9. The average molecular weight is 331 g/mol. The Bertz CT molecular complexity index is 443. The zero-order valence-electron chi connectivity index (χ0n) is 11.3. The smallest absolute Gasteiger partial charge is 0.126 e. The van der Waals surface area contributed by atoms with Crippen molar-refractivity contribution < 1.29 is 9.50 Å². The highest BCUT2D eigenvalue weighted by molar-refractivity contribution is 9.10. The number of hydrogen-bond acceptors (Lipinski definition) is 3. The largest absolute Gasteiger partial charge is 0.391 e. The van der Waals surface area contributed by atoms with Gasteiger partial charge in [0.15, 0.2) is 0 Å². The van der Waals surface area contributed by atoms with Gasteiger partial charge in [-0.2, -0.15) is 0 Å². The first-order chi connectivity index (χ1) is 8.97. The van der Waals surface area contributed by atoms with E-state index >= 15 is 0 Å². The Balaban J connectivity index is 2.07. The van der Waals surface area contributed by atoms with E-state index < -0.39 is 6.10 Å². The van der Waals surface area contributed by atoms with Crippen LogP contribution in [0.4, 0.5) is 4.39 Å². The van der Waals surface area contributed by atoms with Gasteiger partial charge in [0, 0.05) is 36.6 Å². The molecule has 1 heterocycles. The van der Waals surface area contributed by atoms with Gasteiger partial charge < -0.3 is 10.0 Å². The molecule has 3 nitrogen and oxygen atoms in total. The summed E-state index contributed by atoms with van der Waals surface area (Å²) in [5, 5.41) is 10.4. The molecular formula is C14H20BrFN2O. The van der Waals surface area contributed by atoms with Gasteiger partial charge in [-0.3, -0.25) is 4.90 Å². The lowest BCUT2D eigenvalue weighted by Crippen LogP contribution is -2.55. The van der Waals surface area contributed by atoms with Gasteiger partial charge in [-0.05, 0) is 37.9 Å². The summed E-state index contributed by atoms with van der Waals surface area (Å²) in [7, 11) is 4.06. The van der Waals surface area contributed by atoms with Crippen LogP contribution in [0.5, 0.6) is 0 Å². The molecule has 19 heavy (non-hydrogen) atoms. The van der Waals surface area contributed by atoms with Gasteiger partial charge in [-0.1, -0.05) is 15.9 Å². The maximum atomic E-state index is 13.7. The van der Waals surface area contributed by atoms with Crippen molar-refractivity contribution in [2.24, 2.45) is 0 Å². The SMILES string of the molecule is CN1CCN(C)C(C(O)Cc2cc(Br)ccc2F)C1. The molecule has 0 bridgehead atoms. The van der Waals surface area contributed by atoms with E-state index in [-0.39, 0.29) is 11.9 Å². The fourth-order valence-corrected chi connectivity index (χ4v) is 2.93. The molecule has 1 N–H and O–H groups in total. The Morgan fingerprint density at radius 2 is 2.16 bits per heavy atom. The number of benzene rings is 1. The molecule has 0 saturated carbocycles. The van der Waals surface area contributed by atoms with E-state index in [1.54, 1.807) is 12.1 Å². The number of rotatable bonds is 3. The summed E-state index contributed by atoms with van der Waals surface area (Å²) < 4.78 is 14.6. The minimum Gasteiger partial charge on any atom is -0.391 e. The van der Waals surface area contributed by atoms with E-state index in [1.165, 1.54) is 6.07 Å².